The molecule has 216 valence electrons. The SMILES string of the molecule is c1ccc(-c2ccc(-n3c(-c4ccc5c(c4)-c4ccccc4C5(c4ccccc4)c4ccccc4)nc4ccccc43)cc2)cc1. The van der Waals surface area contributed by atoms with E-state index >= 15 is 0 Å². The van der Waals surface area contributed by atoms with Crippen molar-refractivity contribution in [1.29, 1.82) is 0 Å². The molecule has 0 bridgehead atoms. The van der Waals surface area contributed by atoms with Crippen LogP contribution < -0.4 is 0 Å². The molecule has 7 aromatic carbocycles. The van der Waals surface area contributed by atoms with Gasteiger partial charge < -0.3 is 0 Å². The third kappa shape index (κ3) is 3.94. The second kappa shape index (κ2) is 10.6. The molecule has 1 heterocycles. The fraction of sp³-hybridized carbons (Fsp3) is 0.0227. The molecule has 0 unspecified atom stereocenters. The fourth-order valence-electron chi connectivity index (χ4n) is 7.50. The maximum atomic E-state index is 5.24. The standard InChI is InChI=1S/C44H30N2/c1-4-14-31(15-5-1)32-24-27-36(28-25-32)46-42-23-13-12-22-41(42)45-43(46)33-26-29-40-38(30-33)37-20-10-11-21-39(37)44(40,34-16-6-2-7-17-34)35-18-8-3-9-19-35/h1-30H. The Morgan fingerprint density at radius 3 is 1.67 bits per heavy atom. The molecule has 0 spiro atoms. The number of para-hydroxylation sites is 2. The van der Waals surface area contributed by atoms with Crippen LogP contribution in [0.5, 0.6) is 0 Å². The second-order valence-electron chi connectivity index (χ2n) is 12.0. The van der Waals surface area contributed by atoms with Gasteiger partial charge in [0.05, 0.1) is 16.4 Å². The predicted octanol–water partition coefficient (Wildman–Crippen LogP) is 10.7. The zero-order valence-electron chi connectivity index (χ0n) is 25.2. The molecule has 0 saturated heterocycles. The van der Waals surface area contributed by atoms with Gasteiger partial charge in [0.2, 0.25) is 0 Å². The highest BCUT2D eigenvalue weighted by Crippen LogP contribution is 2.56. The van der Waals surface area contributed by atoms with E-state index in [9.17, 15) is 0 Å². The maximum Gasteiger partial charge on any atom is 0.145 e. The summed E-state index contributed by atoms with van der Waals surface area (Å²) >= 11 is 0. The smallest absolute Gasteiger partial charge is 0.145 e. The zero-order chi connectivity index (χ0) is 30.5. The van der Waals surface area contributed by atoms with Crippen molar-refractivity contribution in [1.82, 2.24) is 9.55 Å². The summed E-state index contributed by atoms with van der Waals surface area (Å²) in [6, 6.07) is 65.5. The Hall–Kier alpha value is -5.99. The Bertz CT molecular complexity index is 2300. The first kappa shape index (κ1) is 26.4. The quantitative estimate of drug-likeness (QED) is 0.196. The number of aromatic nitrogens is 2. The lowest BCUT2D eigenvalue weighted by Gasteiger charge is -2.33. The van der Waals surface area contributed by atoms with Gasteiger partial charge in [0.25, 0.3) is 0 Å². The van der Waals surface area contributed by atoms with E-state index in [1.165, 1.54) is 44.5 Å². The average molecular weight is 587 g/mol. The molecule has 1 aromatic heterocycles. The lowest BCUT2D eigenvalue weighted by Crippen LogP contribution is -2.28. The van der Waals surface area contributed by atoms with Crippen molar-refractivity contribution in [3.05, 3.63) is 204 Å². The largest absolute Gasteiger partial charge is 0.292 e. The summed E-state index contributed by atoms with van der Waals surface area (Å²) in [7, 11) is 0. The lowest BCUT2D eigenvalue weighted by atomic mass is 9.67. The molecule has 1 aliphatic carbocycles. The summed E-state index contributed by atoms with van der Waals surface area (Å²) in [4.78, 5) is 5.24. The van der Waals surface area contributed by atoms with Crippen molar-refractivity contribution in [3.63, 3.8) is 0 Å². The average Bonchev–Trinajstić information content (AvgIpc) is 3.67. The number of imidazole rings is 1. The van der Waals surface area contributed by atoms with Crippen LogP contribution in [0.25, 0.3) is 50.4 Å². The highest BCUT2D eigenvalue weighted by Gasteiger charge is 2.46. The molecular weight excluding hydrogens is 556 g/mol. The third-order valence-corrected chi connectivity index (χ3v) is 9.51. The van der Waals surface area contributed by atoms with Crippen LogP contribution in [0.1, 0.15) is 22.3 Å². The van der Waals surface area contributed by atoms with Crippen molar-refractivity contribution in [3.8, 4) is 39.3 Å². The molecular formula is C44H30N2. The van der Waals surface area contributed by atoms with Crippen molar-refractivity contribution in [2.75, 3.05) is 0 Å². The first-order valence-electron chi connectivity index (χ1n) is 15.8. The van der Waals surface area contributed by atoms with Gasteiger partial charge in [-0.05, 0) is 74.8 Å². The maximum absolute atomic E-state index is 5.24. The molecule has 0 fully saturated rings. The molecule has 2 nitrogen and oxygen atoms in total. The van der Waals surface area contributed by atoms with Crippen LogP contribution in [0.4, 0.5) is 0 Å². The highest BCUT2D eigenvalue weighted by molar-refractivity contribution is 5.90. The van der Waals surface area contributed by atoms with Crippen LogP contribution in [0.3, 0.4) is 0 Å². The number of hydrogen-bond donors (Lipinski definition) is 0. The topological polar surface area (TPSA) is 17.8 Å². The second-order valence-corrected chi connectivity index (χ2v) is 12.0. The van der Waals surface area contributed by atoms with E-state index in [-0.39, 0.29) is 0 Å². The van der Waals surface area contributed by atoms with Gasteiger partial charge in [-0.3, -0.25) is 4.57 Å². The van der Waals surface area contributed by atoms with Crippen molar-refractivity contribution in [2.24, 2.45) is 0 Å². The van der Waals surface area contributed by atoms with Crippen LogP contribution >= 0.6 is 0 Å². The van der Waals surface area contributed by atoms with E-state index < -0.39 is 5.41 Å². The molecule has 0 saturated carbocycles. The molecule has 46 heavy (non-hydrogen) atoms. The normalized spacial score (nSPS) is 13.0. The minimum atomic E-state index is -0.416. The van der Waals surface area contributed by atoms with Crippen LogP contribution in [-0.2, 0) is 5.41 Å². The van der Waals surface area contributed by atoms with E-state index in [0.29, 0.717) is 0 Å². The van der Waals surface area contributed by atoms with Crippen molar-refractivity contribution in [2.45, 2.75) is 5.41 Å². The Morgan fingerprint density at radius 1 is 0.413 bits per heavy atom. The predicted molar refractivity (Wildman–Crippen MR) is 189 cm³/mol. The molecule has 1 aliphatic rings. The minimum absolute atomic E-state index is 0.416. The minimum Gasteiger partial charge on any atom is -0.292 e. The Balaban J connectivity index is 1.27. The van der Waals surface area contributed by atoms with Crippen molar-refractivity contribution >= 4 is 11.0 Å². The highest BCUT2D eigenvalue weighted by atomic mass is 15.1. The summed E-state index contributed by atoms with van der Waals surface area (Å²) in [6.07, 6.45) is 0. The monoisotopic (exact) mass is 586 g/mol. The summed E-state index contributed by atoms with van der Waals surface area (Å²) in [5, 5.41) is 0. The van der Waals surface area contributed by atoms with E-state index in [4.69, 9.17) is 4.98 Å². The Labute approximate surface area is 268 Å². The molecule has 0 aliphatic heterocycles. The van der Waals surface area contributed by atoms with Gasteiger partial charge in [-0.25, -0.2) is 4.98 Å². The molecule has 2 heteroatoms. The molecule has 0 radical (unpaired) electrons. The Morgan fingerprint density at radius 2 is 0.957 bits per heavy atom. The van der Waals surface area contributed by atoms with Gasteiger partial charge in [-0.1, -0.05) is 152 Å². The number of rotatable bonds is 5. The molecule has 9 rings (SSSR count). The van der Waals surface area contributed by atoms with Gasteiger partial charge >= 0.3 is 0 Å². The molecule has 8 aromatic rings. The van der Waals surface area contributed by atoms with Gasteiger partial charge in [-0.2, -0.15) is 0 Å². The molecule has 0 N–H and O–H groups in total. The van der Waals surface area contributed by atoms with Crippen LogP contribution in [0.15, 0.2) is 182 Å². The van der Waals surface area contributed by atoms with Gasteiger partial charge in [0.15, 0.2) is 0 Å². The lowest BCUT2D eigenvalue weighted by molar-refractivity contribution is 0.768. The third-order valence-electron chi connectivity index (χ3n) is 9.51. The molecule has 0 atom stereocenters. The van der Waals surface area contributed by atoms with E-state index in [1.54, 1.807) is 0 Å². The van der Waals surface area contributed by atoms with Crippen LogP contribution in [0, 0.1) is 0 Å². The van der Waals surface area contributed by atoms with Crippen LogP contribution in [-0.4, -0.2) is 9.55 Å². The van der Waals surface area contributed by atoms with Gasteiger partial charge in [-0.15, -0.1) is 0 Å². The summed E-state index contributed by atoms with van der Waals surface area (Å²) in [5.74, 6) is 0.936. The summed E-state index contributed by atoms with van der Waals surface area (Å²) in [5.41, 5.74) is 13.9. The molecule has 0 amide bonds. The van der Waals surface area contributed by atoms with E-state index in [1.807, 2.05) is 0 Å². The number of benzene rings is 7. The summed E-state index contributed by atoms with van der Waals surface area (Å²) in [6.45, 7) is 0. The van der Waals surface area contributed by atoms with E-state index in [0.717, 1.165) is 28.1 Å². The fourth-order valence-corrected chi connectivity index (χ4v) is 7.50. The van der Waals surface area contributed by atoms with Gasteiger partial charge in [0, 0.05) is 11.3 Å². The number of nitrogens with zero attached hydrogens (tertiary/aromatic N) is 2. The van der Waals surface area contributed by atoms with E-state index in [2.05, 4.69) is 187 Å². The number of fused-ring (bicyclic) bond motifs is 4. The first-order valence-corrected chi connectivity index (χ1v) is 15.8. The zero-order valence-corrected chi connectivity index (χ0v) is 25.2. The Kier molecular flexibility index (Phi) is 6.07. The first-order chi connectivity index (χ1) is 22.8. The van der Waals surface area contributed by atoms with Gasteiger partial charge in [0.1, 0.15) is 5.82 Å². The van der Waals surface area contributed by atoms with Crippen molar-refractivity contribution < 1.29 is 0 Å². The summed E-state index contributed by atoms with van der Waals surface area (Å²) < 4.78 is 2.30. The number of hydrogen-bond acceptors (Lipinski definition) is 1. The van der Waals surface area contributed by atoms with Crippen LogP contribution in [0.2, 0.25) is 0 Å².